The van der Waals surface area contributed by atoms with E-state index in [1.54, 1.807) is 55.4 Å². The molecule has 20 heteroatoms. The number of carbonyl (C=O) groups is 1. The van der Waals surface area contributed by atoms with Crippen molar-refractivity contribution in [3.8, 4) is 0 Å². The van der Waals surface area contributed by atoms with E-state index < -0.39 is 124 Å². The molecule has 382 valence electrons. The van der Waals surface area contributed by atoms with E-state index in [9.17, 15) is 43.1 Å². The second kappa shape index (κ2) is 22.7. The number of methoxy groups -OCH3 is 1. The average Bonchev–Trinajstić information content (AvgIpc) is 3.24. The second-order valence-corrected chi connectivity index (χ2v) is 21.6. The largest absolute Gasteiger partial charge is 0.459 e. The van der Waals surface area contributed by atoms with Gasteiger partial charge < -0.3 is 64.6 Å². The molecule has 0 saturated carbocycles. The lowest BCUT2D eigenvalue weighted by Crippen LogP contribution is -2.70. The Balaban J connectivity index is 1.80. The third kappa shape index (κ3) is 12.8. The molecule has 3 saturated heterocycles. The Hall–Kier alpha value is -2.15. The molecule has 3 fully saturated rings. The fourth-order valence-electron chi connectivity index (χ4n) is 9.97. The minimum absolute atomic E-state index is 0.000536. The number of aliphatic hydroxyl groups excluding tert-OH is 2. The van der Waals surface area contributed by atoms with E-state index in [1.165, 1.54) is 33.2 Å². The van der Waals surface area contributed by atoms with Crippen LogP contribution >= 0.6 is 0 Å². The molecule has 0 amide bonds. The predicted octanol–water partition coefficient (Wildman–Crippen LogP) is 2.79. The number of likely N-dealkylation sites (N-methyl/N-ethyl adjacent to an activating group) is 1. The number of hydrogen-bond acceptors (Lipinski definition) is 16. The number of halogens is 1. The lowest BCUT2D eigenvalue weighted by molar-refractivity contribution is -0.336. The molecular formula is C46H81FN4O14S. The highest BCUT2D eigenvalue weighted by Crippen LogP contribution is 2.43. The highest BCUT2D eigenvalue weighted by atomic mass is 32.2. The third-order valence-corrected chi connectivity index (χ3v) is 15.8. The van der Waals surface area contributed by atoms with Gasteiger partial charge in [-0.25, -0.2) is 4.39 Å². The lowest BCUT2D eigenvalue weighted by atomic mass is 9.75. The van der Waals surface area contributed by atoms with Crippen LogP contribution in [0.1, 0.15) is 108 Å². The van der Waals surface area contributed by atoms with Gasteiger partial charge in [0.05, 0.1) is 42.0 Å². The molecule has 18 nitrogen and oxygen atoms in total. The van der Waals surface area contributed by atoms with Crippen molar-refractivity contribution in [2.24, 2.45) is 17.8 Å². The molecule has 0 aliphatic carbocycles. The summed E-state index contributed by atoms with van der Waals surface area (Å²) < 4.78 is 82.7. The molecule has 1 aromatic carbocycles. The molecule has 4 rings (SSSR count). The average molecular weight is 965 g/mol. The molecule has 0 spiro atoms. The SMILES string of the molecule is CCCNC[C@]1(O)[C@H](C)O[C@@H](O[C@H]2[C@H](C)[C@@H](O[C@@H]3O[C@H](C)C[C@H](N(C)S(=O)(=O)Nc4ccc(F)cc4)[C@H]3O)[C@](C)(O)C[C@@H](C)CN[C@H](C)[C@@H](O)[C@](C)(O)[C@@H](CC)OC(=O)[C@@H]2C)C[C@@]1(C)OC. The van der Waals surface area contributed by atoms with Crippen molar-refractivity contribution in [2.75, 3.05) is 38.5 Å². The highest BCUT2D eigenvalue weighted by Gasteiger charge is 2.58. The number of carbonyl (C=O) groups excluding carboxylic acids is 1. The third-order valence-electron chi connectivity index (χ3n) is 14.3. The van der Waals surface area contributed by atoms with E-state index in [0.29, 0.717) is 6.54 Å². The standard InChI is InChI=1S/C46H81FN4O14S/c1-14-20-48-25-46(57)31(8)62-36(23-44(46,10)60-13)64-38-28(5)40(43(9,55)22-26(3)24-49-30(7)39(53)45(11,56)35(15-2)63-41(54)29(38)6)65-42-37(52)34(21-27(4)61-42)51(12)66(58,59)50-33-18-16-32(47)17-19-33/h16-19,26-31,34-40,42,48-50,52-53,55-57H,14-15,20-25H2,1-13H3/t26-,27-,28+,29-,30-,31+,34+,35-,36+,37-,38+,39-,40-,42+,43-,44-,45-,46+/m1/s1. The van der Waals surface area contributed by atoms with Gasteiger partial charge in [0.1, 0.15) is 40.9 Å². The quantitative estimate of drug-likeness (QED) is 0.0987. The van der Waals surface area contributed by atoms with Crippen molar-refractivity contribution in [2.45, 2.75) is 198 Å². The topological polar surface area (TPSA) is 247 Å². The maximum absolute atomic E-state index is 14.5. The first kappa shape index (κ1) is 56.4. The number of esters is 1. The minimum atomic E-state index is -4.33. The monoisotopic (exact) mass is 965 g/mol. The second-order valence-electron chi connectivity index (χ2n) is 19.9. The van der Waals surface area contributed by atoms with Crippen LogP contribution in [-0.4, -0.2) is 168 Å². The molecular weight excluding hydrogens is 884 g/mol. The van der Waals surface area contributed by atoms with Gasteiger partial charge >= 0.3 is 16.2 Å². The Morgan fingerprint density at radius 2 is 1.61 bits per heavy atom. The number of anilines is 1. The zero-order valence-corrected chi connectivity index (χ0v) is 42.0. The van der Waals surface area contributed by atoms with Crippen LogP contribution in [-0.2, 0) is 43.4 Å². The number of rotatable bonds is 14. The number of cyclic esters (lactones) is 1. The van der Waals surface area contributed by atoms with Crippen LogP contribution < -0.4 is 15.4 Å². The molecule has 0 bridgehead atoms. The summed E-state index contributed by atoms with van der Waals surface area (Å²) in [5, 5.41) is 66.6. The van der Waals surface area contributed by atoms with E-state index in [0.717, 1.165) is 22.9 Å². The highest BCUT2D eigenvalue weighted by molar-refractivity contribution is 7.90. The first-order chi connectivity index (χ1) is 30.6. The molecule has 18 atom stereocenters. The summed E-state index contributed by atoms with van der Waals surface area (Å²) in [6.45, 7) is 19.8. The van der Waals surface area contributed by atoms with Crippen LogP contribution in [0.4, 0.5) is 10.1 Å². The van der Waals surface area contributed by atoms with Gasteiger partial charge in [-0.05, 0) is 117 Å². The smallest absolute Gasteiger partial charge is 0.311 e. The minimum Gasteiger partial charge on any atom is -0.459 e. The zero-order valence-electron chi connectivity index (χ0n) is 41.2. The van der Waals surface area contributed by atoms with Crippen LogP contribution in [0.25, 0.3) is 0 Å². The first-order valence-corrected chi connectivity index (χ1v) is 24.9. The van der Waals surface area contributed by atoms with Gasteiger partial charge in [-0.1, -0.05) is 27.7 Å². The van der Waals surface area contributed by atoms with E-state index in [-0.39, 0.29) is 50.4 Å². The molecule has 8 N–H and O–H groups in total. The summed E-state index contributed by atoms with van der Waals surface area (Å²) in [6.07, 6.45) is -9.74. The van der Waals surface area contributed by atoms with Crippen molar-refractivity contribution in [1.82, 2.24) is 14.9 Å². The number of benzene rings is 1. The summed E-state index contributed by atoms with van der Waals surface area (Å²) in [7, 11) is -1.55. The van der Waals surface area contributed by atoms with E-state index in [2.05, 4.69) is 15.4 Å². The van der Waals surface area contributed by atoms with Crippen LogP contribution in [0, 0.1) is 23.6 Å². The Bertz CT molecular complexity index is 1820. The van der Waals surface area contributed by atoms with Crippen LogP contribution in [0.15, 0.2) is 24.3 Å². The van der Waals surface area contributed by atoms with Crippen molar-refractivity contribution in [3.63, 3.8) is 0 Å². The Kier molecular flexibility index (Phi) is 19.4. The molecule has 1 aromatic rings. The van der Waals surface area contributed by atoms with Crippen molar-refractivity contribution in [1.29, 1.82) is 0 Å². The molecule has 0 unspecified atom stereocenters. The molecule has 0 aromatic heterocycles. The Morgan fingerprint density at radius 3 is 2.20 bits per heavy atom. The van der Waals surface area contributed by atoms with Crippen molar-refractivity contribution >= 4 is 21.9 Å². The molecule has 3 heterocycles. The maximum Gasteiger partial charge on any atom is 0.311 e. The van der Waals surface area contributed by atoms with Crippen LogP contribution in [0.5, 0.6) is 0 Å². The summed E-state index contributed by atoms with van der Waals surface area (Å²) in [5.74, 6) is -3.78. The summed E-state index contributed by atoms with van der Waals surface area (Å²) in [4.78, 5) is 14.5. The molecule has 66 heavy (non-hydrogen) atoms. The normalized spacial score (nSPS) is 42.6. The van der Waals surface area contributed by atoms with Crippen molar-refractivity contribution in [3.05, 3.63) is 30.1 Å². The molecule has 3 aliphatic rings. The fourth-order valence-corrected chi connectivity index (χ4v) is 11.1. The number of nitrogens with zero attached hydrogens (tertiary/aromatic N) is 1. The summed E-state index contributed by atoms with van der Waals surface area (Å²) >= 11 is 0. The van der Waals surface area contributed by atoms with Gasteiger partial charge in [0.15, 0.2) is 12.6 Å². The molecule has 3 aliphatic heterocycles. The van der Waals surface area contributed by atoms with Gasteiger partial charge in [-0.2, -0.15) is 12.7 Å². The zero-order chi connectivity index (χ0) is 49.7. The lowest BCUT2D eigenvalue weighted by Gasteiger charge is -2.53. The van der Waals surface area contributed by atoms with Gasteiger partial charge in [0, 0.05) is 44.8 Å². The number of hydrogen-bond donors (Lipinski definition) is 8. The maximum atomic E-state index is 14.5. The van der Waals surface area contributed by atoms with E-state index >= 15 is 0 Å². The summed E-state index contributed by atoms with van der Waals surface area (Å²) in [5.41, 5.74) is -6.31. The summed E-state index contributed by atoms with van der Waals surface area (Å²) in [6, 6.07) is 2.98. The van der Waals surface area contributed by atoms with E-state index in [4.69, 9.17) is 28.4 Å². The van der Waals surface area contributed by atoms with Crippen molar-refractivity contribution < 1.29 is 71.6 Å². The first-order valence-electron chi connectivity index (χ1n) is 23.4. The number of ether oxygens (including phenoxy) is 6. The van der Waals surface area contributed by atoms with E-state index in [1.807, 2.05) is 13.8 Å². The fraction of sp³-hybridized carbons (Fsp3) is 0.848. The predicted molar refractivity (Wildman–Crippen MR) is 245 cm³/mol. The molecule has 0 radical (unpaired) electrons. The van der Waals surface area contributed by atoms with Gasteiger partial charge in [0.25, 0.3) is 0 Å². The number of nitrogens with one attached hydrogen (secondary N) is 3. The van der Waals surface area contributed by atoms with Crippen LogP contribution in [0.3, 0.4) is 0 Å². The number of aliphatic hydroxyl groups is 5. The Labute approximate surface area is 391 Å². The van der Waals surface area contributed by atoms with Gasteiger partial charge in [0.2, 0.25) is 0 Å². The van der Waals surface area contributed by atoms with Gasteiger partial charge in [-0.3, -0.25) is 9.52 Å². The van der Waals surface area contributed by atoms with Gasteiger partial charge in [-0.15, -0.1) is 0 Å². The van der Waals surface area contributed by atoms with Crippen LogP contribution in [0.2, 0.25) is 0 Å². The Morgan fingerprint density at radius 1 is 0.970 bits per heavy atom.